The molecule has 9 heteroatoms. The number of aliphatic hydroxyl groups is 1. The van der Waals surface area contributed by atoms with Crippen molar-refractivity contribution in [1.29, 1.82) is 0 Å². The Balaban J connectivity index is 2.08. The first kappa shape index (κ1) is 21.2. The minimum absolute atomic E-state index is 0.177. The quantitative estimate of drug-likeness (QED) is 0.551. The number of halogens is 3. The van der Waals surface area contributed by atoms with Crippen LogP contribution >= 0.6 is 0 Å². The molecule has 3 N–H and O–H groups in total. The molecule has 0 aliphatic rings. The Bertz CT molecular complexity index is 1160. The Kier molecular flexibility index (Phi) is 5.99. The van der Waals surface area contributed by atoms with E-state index < -0.39 is 18.6 Å². The Morgan fingerprint density at radius 3 is 2.70 bits per heavy atom. The molecule has 0 aliphatic heterocycles. The molecule has 1 aromatic carbocycles. The molecule has 156 valence electrons. The molecule has 0 fully saturated rings. The van der Waals surface area contributed by atoms with Gasteiger partial charge in [-0.3, -0.25) is 4.40 Å². The van der Waals surface area contributed by atoms with Gasteiger partial charge in [0.1, 0.15) is 6.61 Å². The average molecular weight is 417 g/mol. The maximum atomic E-state index is 12.5. The number of hydrogen-bond donors (Lipinski definition) is 3. The van der Waals surface area contributed by atoms with E-state index in [0.29, 0.717) is 33.7 Å². The zero-order valence-electron chi connectivity index (χ0n) is 15.9. The van der Waals surface area contributed by atoms with Gasteiger partial charge in [0, 0.05) is 23.9 Å². The molecule has 30 heavy (non-hydrogen) atoms. The van der Waals surface area contributed by atoms with Gasteiger partial charge in [0.25, 0.3) is 0 Å². The van der Waals surface area contributed by atoms with Gasteiger partial charge in [0.15, 0.2) is 5.65 Å². The molecule has 6 nitrogen and oxygen atoms in total. The number of aromatic carboxylic acids is 1. The Morgan fingerprint density at radius 2 is 2.07 bits per heavy atom. The van der Waals surface area contributed by atoms with Crippen LogP contribution in [0.5, 0.6) is 0 Å². The van der Waals surface area contributed by atoms with E-state index in [1.165, 1.54) is 6.07 Å². The zero-order chi connectivity index (χ0) is 21.9. The lowest BCUT2D eigenvalue weighted by Gasteiger charge is -2.12. The van der Waals surface area contributed by atoms with Crippen molar-refractivity contribution < 1.29 is 28.2 Å². The van der Waals surface area contributed by atoms with Gasteiger partial charge < -0.3 is 15.5 Å². The summed E-state index contributed by atoms with van der Waals surface area (Å²) < 4.78 is 39.2. The molecule has 3 rings (SSSR count). The van der Waals surface area contributed by atoms with Gasteiger partial charge >= 0.3 is 12.1 Å². The van der Waals surface area contributed by atoms with Crippen molar-refractivity contribution in [3.63, 3.8) is 0 Å². The molecule has 3 aromatic rings. The van der Waals surface area contributed by atoms with Crippen LogP contribution in [0.4, 0.5) is 18.9 Å². The minimum atomic E-state index is -4.29. The van der Waals surface area contributed by atoms with Gasteiger partial charge in [-0.15, -0.1) is 0 Å². The zero-order valence-corrected chi connectivity index (χ0v) is 15.9. The van der Waals surface area contributed by atoms with Crippen LogP contribution < -0.4 is 5.32 Å². The summed E-state index contributed by atoms with van der Waals surface area (Å²) in [5.41, 5.74) is 3.31. The van der Waals surface area contributed by atoms with Gasteiger partial charge in [-0.2, -0.15) is 13.2 Å². The van der Waals surface area contributed by atoms with E-state index in [9.17, 15) is 23.1 Å². The fourth-order valence-electron chi connectivity index (χ4n) is 3.04. The van der Waals surface area contributed by atoms with E-state index in [4.69, 9.17) is 5.11 Å². The molecule has 0 spiro atoms. The summed E-state index contributed by atoms with van der Waals surface area (Å²) in [6.07, 6.45) is -2.07. The first-order valence-electron chi connectivity index (χ1n) is 8.95. The highest BCUT2D eigenvalue weighted by atomic mass is 19.4. The van der Waals surface area contributed by atoms with Gasteiger partial charge in [-0.25, -0.2) is 9.78 Å². The lowest BCUT2D eigenvalue weighted by Crippen LogP contribution is -2.15. The third-order valence-electron chi connectivity index (χ3n) is 4.39. The molecule has 0 atom stereocenters. The highest BCUT2D eigenvalue weighted by molar-refractivity contribution is 5.90. The van der Waals surface area contributed by atoms with Crippen molar-refractivity contribution in [2.45, 2.75) is 19.5 Å². The number of carbonyl (C=O) groups is 1. The van der Waals surface area contributed by atoms with Crippen molar-refractivity contribution in [2.24, 2.45) is 0 Å². The lowest BCUT2D eigenvalue weighted by molar-refractivity contribution is -0.131. The number of alkyl halides is 3. The van der Waals surface area contributed by atoms with Crippen molar-refractivity contribution in [1.82, 2.24) is 9.38 Å². The van der Waals surface area contributed by atoms with E-state index in [1.807, 2.05) is 0 Å². The summed E-state index contributed by atoms with van der Waals surface area (Å²) in [4.78, 5) is 15.6. The summed E-state index contributed by atoms with van der Waals surface area (Å²) >= 11 is 0. The van der Waals surface area contributed by atoms with Gasteiger partial charge in [0.2, 0.25) is 0 Å². The maximum Gasteiger partial charge on any atom is 0.390 e. The summed E-state index contributed by atoms with van der Waals surface area (Å²) in [7, 11) is 0. The number of hydrogen-bond acceptors (Lipinski definition) is 4. The number of aromatic nitrogens is 2. The Morgan fingerprint density at radius 1 is 1.30 bits per heavy atom. The smallest absolute Gasteiger partial charge is 0.390 e. The van der Waals surface area contributed by atoms with Crippen LogP contribution in [-0.4, -0.2) is 44.9 Å². The first-order chi connectivity index (χ1) is 14.2. The van der Waals surface area contributed by atoms with E-state index in [-0.39, 0.29) is 18.7 Å². The van der Waals surface area contributed by atoms with Crippen LogP contribution in [0.25, 0.3) is 16.9 Å². The molecule has 0 unspecified atom stereocenters. The van der Waals surface area contributed by atoms with Gasteiger partial charge in [0.05, 0.1) is 29.6 Å². The molecule has 0 amide bonds. The second-order valence-corrected chi connectivity index (χ2v) is 6.57. The third-order valence-corrected chi connectivity index (χ3v) is 4.39. The molecule has 2 aromatic heterocycles. The van der Waals surface area contributed by atoms with Crippen LogP contribution in [0, 0.1) is 18.8 Å². The number of nitrogens with zero attached hydrogens (tertiary/aromatic N) is 2. The molecule has 0 bridgehead atoms. The predicted molar refractivity (Wildman–Crippen MR) is 105 cm³/mol. The molecule has 0 aliphatic carbocycles. The van der Waals surface area contributed by atoms with Crippen LogP contribution in [0.3, 0.4) is 0 Å². The Hall–Kier alpha value is -3.51. The standard InChI is InChI=1S/C21H18F3N3O3/c1-13-9-15(4-5-16(13)20(29)30)18-11-26-19-17(25-7-6-21(22,23)24)10-14(3-2-8-28)12-27(18)19/h4-5,9-12,25,28H,6-8H2,1H3,(H,29,30). The third kappa shape index (κ3) is 4.72. The molecule has 0 radical (unpaired) electrons. The highest BCUT2D eigenvalue weighted by Gasteiger charge is 2.26. The van der Waals surface area contributed by atoms with E-state index >= 15 is 0 Å². The number of benzene rings is 1. The van der Waals surface area contributed by atoms with Crippen molar-refractivity contribution in [3.05, 3.63) is 53.3 Å². The number of carboxylic acids is 1. The van der Waals surface area contributed by atoms with Gasteiger partial charge in [-0.05, 0) is 30.7 Å². The number of rotatable bonds is 5. The predicted octanol–water partition coefficient (Wildman–Crippen LogP) is 3.72. The number of aryl methyl sites for hydroxylation is 1. The van der Waals surface area contributed by atoms with E-state index in [1.54, 1.807) is 41.9 Å². The van der Waals surface area contributed by atoms with Crippen molar-refractivity contribution >= 4 is 17.3 Å². The topological polar surface area (TPSA) is 86.9 Å². The SMILES string of the molecule is Cc1cc(-c2cnc3c(NCCC(F)(F)F)cc(C#CCO)cn23)ccc1C(=O)O. The number of aliphatic hydroxyl groups excluding tert-OH is 1. The molecule has 2 heterocycles. The number of fused-ring (bicyclic) bond motifs is 1. The number of carboxylic acid groups (broad SMARTS) is 1. The number of imidazole rings is 1. The summed E-state index contributed by atoms with van der Waals surface area (Å²) in [6.45, 7) is 0.991. The first-order valence-corrected chi connectivity index (χ1v) is 8.95. The largest absolute Gasteiger partial charge is 0.478 e. The number of nitrogens with one attached hydrogen (secondary N) is 1. The normalized spacial score (nSPS) is 11.2. The van der Waals surface area contributed by atoms with E-state index in [2.05, 4.69) is 22.1 Å². The lowest BCUT2D eigenvalue weighted by atomic mass is 10.0. The second-order valence-electron chi connectivity index (χ2n) is 6.57. The highest BCUT2D eigenvalue weighted by Crippen LogP contribution is 2.28. The molecular formula is C21H18F3N3O3. The van der Waals surface area contributed by atoms with E-state index in [0.717, 1.165) is 0 Å². The summed E-state index contributed by atoms with van der Waals surface area (Å²) in [6, 6.07) is 6.41. The fraction of sp³-hybridized carbons (Fsp3) is 0.238. The van der Waals surface area contributed by atoms with Crippen LogP contribution in [0.2, 0.25) is 0 Å². The molecular weight excluding hydrogens is 399 g/mol. The monoisotopic (exact) mass is 417 g/mol. The number of pyridine rings is 1. The van der Waals surface area contributed by atoms with Crippen LogP contribution in [-0.2, 0) is 0 Å². The maximum absolute atomic E-state index is 12.5. The number of anilines is 1. The molecule has 0 saturated heterocycles. The van der Waals surface area contributed by atoms with Crippen LogP contribution in [0.1, 0.15) is 27.9 Å². The summed E-state index contributed by atoms with van der Waals surface area (Å²) in [5, 5.41) is 20.9. The molecule has 0 saturated carbocycles. The Labute approximate surface area is 170 Å². The van der Waals surface area contributed by atoms with Crippen molar-refractivity contribution in [3.8, 4) is 23.1 Å². The summed E-state index contributed by atoms with van der Waals surface area (Å²) in [5.74, 6) is 4.23. The average Bonchev–Trinajstić information content (AvgIpc) is 3.09. The fourth-order valence-corrected chi connectivity index (χ4v) is 3.04. The van der Waals surface area contributed by atoms with Gasteiger partial charge in [-0.1, -0.05) is 17.9 Å². The minimum Gasteiger partial charge on any atom is -0.478 e. The van der Waals surface area contributed by atoms with Crippen molar-refractivity contribution in [2.75, 3.05) is 18.5 Å². The van der Waals surface area contributed by atoms with Crippen LogP contribution in [0.15, 0.2) is 36.7 Å². The second kappa shape index (κ2) is 8.47.